The molecule has 1 heterocycles. The van der Waals surface area contributed by atoms with Crippen molar-refractivity contribution < 1.29 is 18.3 Å². The molecule has 0 unspecified atom stereocenters. The maximum absolute atomic E-state index is 12.2. The summed E-state index contributed by atoms with van der Waals surface area (Å²) in [4.78, 5) is 2.24. The van der Waals surface area contributed by atoms with Gasteiger partial charge in [-0.15, -0.1) is 0 Å². The fourth-order valence-electron chi connectivity index (χ4n) is 2.36. The van der Waals surface area contributed by atoms with Crippen molar-refractivity contribution in [2.24, 2.45) is 5.92 Å². The van der Waals surface area contributed by atoms with E-state index in [4.69, 9.17) is 0 Å². The van der Waals surface area contributed by atoms with Gasteiger partial charge in [0.05, 0.1) is 13.2 Å². The predicted octanol–water partition coefficient (Wildman–Crippen LogP) is 1.62. The predicted molar refractivity (Wildman–Crippen MR) is 64.4 cm³/mol. The highest BCUT2D eigenvalue weighted by Gasteiger charge is 2.37. The van der Waals surface area contributed by atoms with Crippen LogP contribution < -0.4 is 5.32 Å². The Balaban J connectivity index is 2.44. The van der Waals surface area contributed by atoms with E-state index in [9.17, 15) is 18.3 Å². The Labute approximate surface area is 106 Å². The van der Waals surface area contributed by atoms with Gasteiger partial charge in [0.25, 0.3) is 0 Å². The van der Waals surface area contributed by atoms with Crippen molar-refractivity contribution in [2.45, 2.75) is 38.4 Å². The second-order valence-corrected chi connectivity index (χ2v) is 5.60. The first-order valence-corrected chi connectivity index (χ1v) is 6.41. The van der Waals surface area contributed by atoms with Gasteiger partial charge in [-0.3, -0.25) is 0 Å². The summed E-state index contributed by atoms with van der Waals surface area (Å²) in [5, 5.41) is 11.9. The Morgan fingerprint density at radius 1 is 1.28 bits per heavy atom. The molecule has 6 heteroatoms. The first-order chi connectivity index (χ1) is 8.26. The summed E-state index contributed by atoms with van der Waals surface area (Å²) in [6, 6.07) is 0. The van der Waals surface area contributed by atoms with Crippen LogP contribution in [0.4, 0.5) is 13.2 Å². The summed E-state index contributed by atoms with van der Waals surface area (Å²) in [5.41, 5.74) is -0.761. The maximum atomic E-state index is 12.2. The van der Waals surface area contributed by atoms with E-state index < -0.39 is 18.3 Å². The fraction of sp³-hybridized carbons (Fsp3) is 1.00. The van der Waals surface area contributed by atoms with Gasteiger partial charge in [0.15, 0.2) is 0 Å². The summed E-state index contributed by atoms with van der Waals surface area (Å²) in [5.74, 6) is 0.551. The van der Waals surface area contributed by atoms with Gasteiger partial charge in [-0.05, 0) is 31.8 Å². The van der Waals surface area contributed by atoms with Crippen molar-refractivity contribution >= 4 is 0 Å². The van der Waals surface area contributed by atoms with Crippen LogP contribution in [0.1, 0.15) is 26.7 Å². The summed E-state index contributed by atoms with van der Waals surface area (Å²) in [6.45, 7) is 5.41. The van der Waals surface area contributed by atoms with E-state index in [-0.39, 0.29) is 6.61 Å². The number of rotatable bonds is 5. The highest BCUT2D eigenvalue weighted by atomic mass is 19.4. The van der Waals surface area contributed by atoms with Gasteiger partial charge in [0, 0.05) is 12.1 Å². The monoisotopic (exact) mass is 268 g/mol. The third-order valence-electron chi connectivity index (χ3n) is 3.40. The van der Waals surface area contributed by atoms with E-state index in [0.717, 1.165) is 19.6 Å². The maximum Gasteiger partial charge on any atom is 0.401 e. The van der Waals surface area contributed by atoms with Crippen LogP contribution >= 0.6 is 0 Å². The van der Waals surface area contributed by atoms with Gasteiger partial charge >= 0.3 is 6.18 Å². The van der Waals surface area contributed by atoms with Crippen molar-refractivity contribution in [3.8, 4) is 0 Å². The van der Waals surface area contributed by atoms with E-state index in [2.05, 4.69) is 24.1 Å². The molecule has 0 amide bonds. The molecule has 0 saturated carbocycles. The fourth-order valence-corrected chi connectivity index (χ4v) is 2.36. The lowest BCUT2D eigenvalue weighted by Crippen LogP contribution is -2.57. The average Bonchev–Trinajstić information content (AvgIpc) is 2.27. The Bertz CT molecular complexity index is 248. The highest BCUT2D eigenvalue weighted by molar-refractivity contribution is 4.93. The number of aliphatic hydroxyl groups excluding tert-OH is 1. The van der Waals surface area contributed by atoms with Gasteiger partial charge in [-0.2, -0.15) is 13.2 Å². The number of nitrogens with one attached hydrogen (secondary N) is 1. The third-order valence-corrected chi connectivity index (χ3v) is 3.40. The molecule has 2 N–H and O–H groups in total. The van der Waals surface area contributed by atoms with Gasteiger partial charge < -0.3 is 15.3 Å². The Kier molecular flexibility index (Phi) is 5.43. The molecule has 0 aromatic rings. The van der Waals surface area contributed by atoms with Crippen molar-refractivity contribution in [3.63, 3.8) is 0 Å². The van der Waals surface area contributed by atoms with E-state index in [0.29, 0.717) is 18.8 Å². The Morgan fingerprint density at radius 2 is 1.83 bits per heavy atom. The van der Waals surface area contributed by atoms with Gasteiger partial charge in [0.2, 0.25) is 0 Å². The lowest BCUT2D eigenvalue weighted by atomic mass is 9.88. The van der Waals surface area contributed by atoms with Crippen molar-refractivity contribution in [1.82, 2.24) is 10.2 Å². The molecule has 0 atom stereocenters. The van der Waals surface area contributed by atoms with Crippen LogP contribution in [0.25, 0.3) is 0 Å². The SMILES string of the molecule is CC(C)CN1CCC(CO)(NCC(F)(F)F)CC1. The van der Waals surface area contributed by atoms with E-state index >= 15 is 0 Å². The van der Waals surface area contributed by atoms with Crippen LogP contribution in [0.3, 0.4) is 0 Å². The molecule has 0 spiro atoms. The summed E-state index contributed by atoms with van der Waals surface area (Å²) < 4.78 is 36.6. The number of hydrogen-bond donors (Lipinski definition) is 2. The second kappa shape index (κ2) is 6.21. The number of aliphatic hydroxyl groups is 1. The number of likely N-dealkylation sites (tertiary alicyclic amines) is 1. The van der Waals surface area contributed by atoms with Crippen LogP contribution in [0.2, 0.25) is 0 Å². The second-order valence-electron chi connectivity index (χ2n) is 5.60. The highest BCUT2D eigenvalue weighted by Crippen LogP contribution is 2.24. The molecule has 1 rings (SSSR count). The topological polar surface area (TPSA) is 35.5 Å². The molecule has 0 bridgehead atoms. The first kappa shape index (κ1) is 15.7. The van der Waals surface area contributed by atoms with E-state index in [1.54, 1.807) is 0 Å². The normalized spacial score (nSPS) is 21.5. The summed E-state index contributed by atoms with van der Waals surface area (Å²) >= 11 is 0. The number of alkyl halides is 3. The number of halogens is 3. The largest absolute Gasteiger partial charge is 0.401 e. The molecule has 0 radical (unpaired) electrons. The smallest absolute Gasteiger partial charge is 0.394 e. The number of nitrogens with zero attached hydrogens (tertiary/aromatic N) is 1. The number of piperidine rings is 1. The van der Waals surface area contributed by atoms with Crippen LogP contribution in [0.15, 0.2) is 0 Å². The molecule has 0 aliphatic carbocycles. The molecule has 1 aliphatic heterocycles. The third kappa shape index (κ3) is 5.12. The summed E-state index contributed by atoms with van der Waals surface area (Å²) in [7, 11) is 0. The minimum Gasteiger partial charge on any atom is -0.394 e. The van der Waals surface area contributed by atoms with Crippen molar-refractivity contribution in [1.29, 1.82) is 0 Å². The molecular weight excluding hydrogens is 245 g/mol. The van der Waals surface area contributed by atoms with Gasteiger partial charge in [-0.1, -0.05) is 13.8 Å². The van der Waals surface area contributed by atoms with Gasteiger partial charge in [-0.25, -0.2) is 0 Å². The van der Waals surface area contributed by atoms with Crippen molar-refractivity contribution in [2.75, 3.05) is 32.8 Å². The number of hydrogen-bond acceptors (Lipinski definition) is 3. The van der Waals surface area contributed by atoms with Crippen LogP contribution in [-0.4, -0.2) is 54.5 Å². The standard InChI is InChI=1S/C12H23F3N2O/c1-10(2)7-17-5-3-11(9-18,4-6-17)16-8-12(13,14)15/h10,16,18H,3-9H2,1-2H3. The Morgan fingerprint density at radius 3 is 2.22 bits per heavy atom. The zero-order valence-electron chi connectivity index (χ0n) is 11.1. The van der Waals surface area contributed by atoms with Gasteiger partial charge in [0.1, 0.15) is 0 Å². The molecular formula is C12H23F3N2O. The molecule has 0 aromatic carbocycles. The molecule has 1 aliphatic rings. The van der Waals surface area contributed by atoms with Crippen molar-refractivity contribution in [3.05, 3.63) is 0 Å². The van der Waals surface area contributed by atoms with E-state index in [1.165, 1.54) is 0 Å². The lowest BCUT2D eigenvalue weighted by Gasteiger charge is -2.42. The Hall–Kier alpha value is -0.330. The molecule has 108 valence electrons. The van der Waals surface area contributed by atoms with Crippen LogP contribution in [0.5, 0.6) is 0 Å². The zero-order chi connectivity index (χ0) is 13.8. The quantitative estimate of drug-likeness (QED) is 0.795. The molecule has 1 fully saturated rings. The zero-order valence-corrected chi connectivity index (χ0v) is 11.1. The molecule has 0 aromatic heterocycles. The minimum atomic E-state index is -4.22. The average molecular weight is 268 g/mol. The first-order valence-electron chi connectivity index (χ1n) is 6.41. The molecule has 3 nitrogen and oxygen atoms in total. The minimum absolute atomic E-state index is 0.238. The molecule has 1 saturated heterocycles. The van der Waals surface area contributed by atoms with Crippen LogP contribution in [0, 0.1) is 5.92 Å². The van der Waals surface area contributed by atoms with E-state index in [1.807, 2.05) is 0 Å². The van der Waals surface area contributed by atoms with Crippen LogP contribution in [-0.2, 0) is 0 Å². The molecule has 18 heavy (non-hydrogen) atoms. The summed E-state index contributed by atoms with van der Waals surface area (Å²) in [6.07, 6.45) is -3.10. The lowest BCUT2D eigenvalue weighted by molar-refractivity contribution is -0.131.